The lowest BCUT2D eigenvalue weighted by molar-refractivity contribution is -0.127. The van der Waals surface area contributed by atoms with Crippen LogP contribution in [0.5, 0.6) is 5.75 Å². The highest BCUT2D eigenvalue weighted by molar-refractivity contribution is 5.78. The zero-order valence-corrected chi connectivity index (χ0v) is 8.70. The van der Waals surface area contributed by atoms with Crippen molar-refractivity contribution in [3.8, 4) is 5.75 Å². The van der Waals surface area contributed by atoms with Crippen LogP contribution in [0.4, 0.5) is 0 Å². The maximum atomic E-state index is 11.4. The molecule has 0 atom stereocenters. The molecule has 1 aromatic carbocycles. The van der Waals surface area contributed by atoms with Crippen molar-refractivity contribution in [1.29, 1.82) is 0 Å². The first-order chi connectivity index (χ1) is 6.65. The summed E-state index contributed by atoms with van der Waals surface area (Å²) in [6.07, 6.45) is 0.355. The highest BCUT2D eigenvalue weighted by atomic mass is 16.5. The summed E-state index contributed by atoms with van der Waals surface area (Å²) in [5, 5.41) is 0. The van der Waals surface area contributed by atoms with Gasteiger partial charge in [0.2, 0.25) is 5.91 Å². The second-order valence-corrected chi connectivity index (χ2v) is 3.19. The first-order valence-corrected chi connectivity index (χ1v) is 4.39. The number of methoxy groups -OCH3 is 1. The minimum Gasteiger partial charge on any atom is -0.496 e. The molecule has 0 unspecified atom stereocenters. The first-order valence-electron chi connectivity index (χ1n) is 4.39. The molecular weight excluding hydrogens is 178 g/mol. The van der Waals surface area contributed by atoms with Crippen LogP contribution in [0.2, 0.25) is 0 Å². The van der Waals surface area contributed by atoms with Gasteiger partial charge in [-0.1, -0.05) is 18.2 Å². The van der Waals surface area contributed by atoms with Gasteiger partial charge in [-0.2, -0.15) is 0 Å². The topological polar surface area (TPSA) is 29.5 Å². The van der Waals surface area contributed by atoms with Crippen molar-refractivity contribution in [1.82, 2.24) is 4.90 Å². The number of rotatable bonds is 3. The molecule has 1 rings (SSSR count). The third-order valence-electron chi connectivity index (χ3n) is 1.94. The normalized spacial score (nSPS) is 9.64. The molecule has 0 spiro atoms. The maximum Gasteiger partial charge on any atom is 0.226 e. The van der Waals surface area contributed by atoms with E-state index in [1.165, 1.54) is 0 Å². The fourth-order valence-corrected chi connectivity index (χ4v) is 1.11. The average Bonchev–Trinajstić information content (AvgIpc) is 2.18. The van der Waals surface area contributed by atoms with Crippen molar-refractivity contribution in [3.05, 3.63) is 29.8 Å². The van der Waals surface area contributed by atoms with Gasteiger partial charge in [0.15, 0.2) is 0 Å². The number of nitrogens with zero attached hydrogens (tertiary/aromatic N) is 1. The second kappa shape index (κ2) is 4.65. The highest BCUT2D eigenvalue weighted by Crippen LogP contribution is 2.17. The van der Waals surface area contributed by atoms with Gasteiger partial charge in [-0.25, -0.2) is 0 Å². The van der Waals surface area contributed by atoms with Crippen LogP contribution < -0.4 is 4.74 Å². The van der Waals surface area contributed by atoms with E-state index in [9.17, 15) is 4.79 Å². The molecule has 0 aromatic heterocycles. The van der Waals surface area contributed by atoms with Gasteiger partial charge in [0, 0.05) is 25.7 Å². The van der Waals surface area contributed by atoms with Crippen molar-refractivity contribution in [2.24, 2.45) is 0 Å². The fourth-order valence-electron chi connectivity index (χ4n) is 1.11. The van der Waals surface area contributed by atoms with Crippen molar-refractivity contribution < 1.29 is 9.53 Å². The molecule has 14 heavy (non-hydrogen) atoms. The zero-order chi connectivity index (χ0) is 10.6. The molecule has 0 fully saturated rings. The van der Waals surface area contributed by atoms with E-state index >= 15 is 0 Å². The van der Waals surface area contributed by atoms with E-state index in [2.05, 4.69) is 6.07 Å². The van der Waals surface area contributed by atoms with E-state index < -0.39 is 0 Å². The molecule has 0 aliphatic rings. The third-order valence-corrected chi connectivity index (χ3v) is 1.94. The van der Waals surface area contributed by atoms with Crippen LogP contribution in [0.25, 0.3) is 0 Å². The monoisotopic (exact) mass is 192 g/mol. The van der Waals surface area contributed by atoms with Crippen LogP contribution in [-0.4, -0.2) is 32.0 Å². The Hall–Kier alpha value is -1.51. The number of carbonyl (C=O) groups excluding carboxylic acids is 1. The van der Waals surface area contributed by atoms with Crippen LogP contribution in [0, 0.1) is 6.07 Å². The molecule has 0 bridgehead atoms. The summed E-state index contributed by atoms with van der Waals surface area (Å²) in [7, 11) is 5.05. The van der Waals surface area contributed by atoms with E-state index in [4.69, 9.17) is 4.74 Å². The predicted molar refractivity (Wildman–Crippen MR) is 54.2 cm³/mol. The summed E-state index contributed by atoms with van der Waals surface area (Å²) >= 11 is 0. The van der Waals surface area contributed by atoms with Crippen molar-refractivity contribution in [2.75, 3.05) is 21.2 Å². The Balaban J connectivity index is 2.80. The molecule has 0 heterocycles. The van der Waals surface area contributed by atoms with Crippen LogP contribution in [0.3, 0.4) is 0 Å². The summed E-state index contributed by atoms with van der Waals surface area (Å²) in [4.78, 5) is 13.0. The number of ether oxygens (including phenoxy) is 1. The van der Waals surface area contributed by atoms with Crippen LogP contribution in [-0.2, 0) is 11.2 Å². The molecule has 0 aliphatic heterocycles. The number of benzene rings is 1. The minimum absolute atomic E-state index is 0.0582. The van der Waals surface area contributed by atoms with Crippen molar-refractivity contribution in [3.63, 3.8) is 0 Å². The molecule has 3 nitrogen and oxygen atoms in total. The number of amides is 1. The SMILES string of the molecule is COc1[c]cccc1CC(=O)N(C)C. The first kappa shape index (κ1) is 10.6. The average molecular weight is 192 g/mol. The summed E-state index contributed by atoms with van der Waals surface area (Å²) in [5.41, 5.74) is 0.869. The van der Waals surface area contributed by atoms with Gasteiger partial charge in [0.1, 0.15) is 5.75 Å². The fraction of sp³-hybridized carbons (Fsp3) is 0.364. The predicted octanol–water partition coefficient (Wildman–Crippen LogP) is 1.13. The molecular formula is C11H14NO2. The van der Waals surface area contributed by atoms with Crippen LogP contribution >= 0.6 is 0 Å². The Bertz CT molecular complexity index is 321. The largest absolute Gasteiger partial charge is 0.496 e. The zero-order valence-electron chi connectivity index (χ0n) is 8.70. The Labute approximate surface area is 84.3 Å². The van der Waals surface area contributed by atoms with Gasteiger partial charge in [0.25, 0.3) is 0 Å². The molecule has 0 N–H and O–H groups in total. The molecule has 1 amide bonds. The number of hydrogen-bond donors (Lipinski definition) is 0. The van der Waals surface area contributed by atoms with Gasteiger partial charge in [-0.15, -0.1) is 0 Å². The van der Waals surface area contributed by atoms with Gasteiger partial charge < -0.3 is 9.64 Å². The van der Waals surface area contributed by atoms with E-state index in [0.29, 0.717) is 12.2 Å². The number of hydrogen-bond acceptors (Lipinski definition) is 2. The van der Waals surface area contributed by atoms with Gasteiger partial charge in [-0.3, -0.25) is 4.79 Å². The lowest BCUT2D eigenvalue weighted by Crippen LogP contribution is -2.23. The standard InChI is InChI=1S/C11H14NO2/c1-12(2)11(13)8-9-6-4-5-7-10(9)14-3/h4-6H,8H2,1-3H3. The number of carbonyl (C=O) groups is 1. The summed E-state index contributed by atoms with van der Waals surface area (Å²) in [6.45, 7) is 0. The molecule has 1 radical (unpaired) electrons. The van der Waals surface area contributed by atoms with Crippen LogP contribution in [0.15, 0.2) is 18.2 Å². The van der Waals surface area contributed by atoms with Gasteiger partial charge in [0.05, 0.1) is 13.5 Å². The third kappa shape index (κ3) is 2.49. The Morgan fingerprint density at radius 2 is 2.29 bits per heavy atom. The molecule has 0 saturated heterocycles. The van der Waals surface area contributed by atoms with Gasteiger partial charge in [-0.05, 0) is 0 Å². The van der Waals surface area contributed by atoms with E-state index in [1.54, 1.807) is 32.2 Å². The molecule has 0 aliphatic carbocycles. The lowest BCUT2D eigenvalue weighted by atomic mass is 10.1. The molecule has 0 saturated carbocycles. The second-order valence-electron chi connectivity index (χ2n) is 3.19. The number of likely N-dealkylation sites (N-methyl/N-ethyl adjacent to an activating group) is 1. The van der Waals surface area contributed by atoms with Crippen molar-refractivity contribution in [2.45, 2.75) is 6.42 Å². The highest BCUT2D eigenvalue weighted by Gasteiger charge is 2.09. The summed E-state index contributed by atoms with van der Waals surface area (Å²) < 4.78 is 5.10. The van der Waals surface area contributed by atoms with Gasteiger partial charge >= 0.3 is 0 Å². The summed E-state index contributed by atoms with van der Waals surface area (Å²) in [6, 6.07) is 8.42. The van der Waals surface area contributed by atoms with Crippen LogP contribution in [0.1, 0.15) is 5.56 Å². The molecule has 75 valence electrons. The Morgan fingerprint density at radius 3 is 2.86 bits per heavy atom. The molecule has 3 heteroatoms. The number of para-hydroxylation sites is 1. The Kier molecular flexibility index (Phi) is 3.51. The van der Waals surface area contributed by atoms with E-state index in [-0.39, 0.29) is 5.91 Å². The lowest BCUT2D eigenvalue weighted by Gasteiger charge is -2.11. The quantitative estimate of drug-likeness (QED) is 0.718. The maximum absolute atomic E-state index is 11.4. The molecule has 1 aromatic rings. The smallest absolute Gasteiger partial charge is 0.226 e. The van der Waals surface area contributed by atoms with Crippen molar-refractivity contribution >= 4 is 5.91 Å². The Morgan fingerprint density at radius 1 is 1.57 bits per heavy atom. The minimum atomic E-state index is 0.0582. The summed E-state index contributed by atoms with van der Waals surface area (Å²) in [5.74, 6) is 0.700. The van der Waals surface area contributed by atoms with E-state index in [1.807, 2.05) is 12.1 Å². The van der Waals surface area contributed by atoms with E-state index in [0.717, 1.165) is 5.56 Å².